The van der Waals surface area contributed by atoms with Crippen molar-refractivity contribution < 1.29 is 5.11 Å². The average Bonchev–Trinajstić information content (AvgIpc) is 2.00. The van der Waals surface area contributed by atoms with Gasteiger partial charge in [0.15, 0.2) is 0 Å². The molecule has 0 bridgehead atoms. The van der Waals surface area contributed by atoms with E-state index in [1.807, 2.05) is 12.1 Å². The van der Waals surface area contributed by atoms with Crippen molar-refractivity contribution in [2.45, 2.75) is 25.3 Å². The van der Waals surface area contributed by atoms with Gasteiger partial charge in [0.25, 0.3) is 0 Å². The Morgan fingerprint density at radius 3 is 2.64 bits per heavy atom. The van der Waals surface area contributed by atoms with Crippen molar-refractivity contribution in [3.05, 3.63) is 28.2 Å². The molecule has 3 heteroatoms. The zero-order valence-corrected chi connectivity index (χ0v) is 9.50. The topological polar surface area (TPSA) is 46.2 Å². The Bertz CT molecular complexity index is 336. The van der Waals surface area contributed by atoms with Gasteiger partial charge in [-0.3, -0.25) is 0 Å². The van der Waals surface area contributed by atoms with Gasteiger partial charge in [-0.15, -0.1) is 0 Å². The Kier molecular flexibility index (Phi) is 2.79. The fourth-order valence-electron chi connectivity index (χ4n) is 1.85. The smallest absolute Gasteiger partial charge is 0.121 e. The molecule has 0 amide bonds. The maximum Gasteiger partial charge on any atom is 0.121 e. The predicted molar refractivity (Wildman–Crippen MR) is 60.1 cm³/mol. The van der Waals surface area contributed by atoms with Crippen LogP contribution in [0.5, 0.6) is 5.75 Å². The summed E-state index contributed by atoms with van der Waals surface area (Å²) < 4.78 is 0.888. The van der Waals surface area contributed by atoms with Gasteiger partial charge in [0, 0.05) is 16.1 Å². The summed E-state index contributed by atoms with van der Waals surface area (Å²) in [4.78, 5) is 0. The van der Waals surface area contributed by atoms with Crippen LogP contribution >= 0.6 is 15.9 Å². The SMILES string of the molecule is N[C@@H](c1ccc(Br)cc1O)C1CCC1. The number of rotatable bonds is 2. The average molecular weight is 256 g/mol. The number of phenols is 1. The molecule has 0 saturated heterocycles. The maximum absolute atomic E-state index is 9.72. The third-order valence-electron chi connectivity index (χ3n) is 3.01. The Hall–Kier alpha value is -0.540. The molecule has 0 spiro atoms. The van der Waals surface area contributed by atoms with Crippen molar-refractivity contribution in [3.63, 3.8) is 0 Å². The van der Waals surface area contributed by atoms with Gasteiger partial charge in [-0.2, -0.15) is 0 Å². The summed E-state index contributed by atoms with van der Waals surface area (Å²) in [5.74, 6) is 0.862. The van der Waals surface area contributed by atoms with Crippen molar-refractivity contribution in [3.8, 4) is 5.75 Å². The van der Waals surface area contributed by atoms with E-state index in [0.29, 0.717) is 11.7 Å². The maximum atomic E-state index is 9.72. The van der Waals surface area contributed by atoms with E-state index in [4.69, 9.17) is 5.73 Å². The highest BCUT2D eigenvalue weighted by Crippen LogP contribution is 2.39. The molecule has 14 heavy (non-hydrogen) atoms. The van der Waals surface area contributed by atoms with Crippen LogP contribution in [0.1, 0.15) is 30.9 Å². The van der Waals surface area contributed by atoms with E-state index in [-0.39, 0.29) is 6.04 Å². The lowest BCUT2D eigenvalue weighted by Crippen LogP contribution is -2.26. The lowest BCUT2D eigenvalue weighted by atomic mass is 9.77. The van der Waals surface area contributed by atoms with E-state index in [9.17, 15) is 5.11 Å². The number of aromatic hydroxyl groups is 1. The third-order valence-corrected chi connectivity index (χ3v) is 3.50. The Morgan fingerprint density at radius 1 is 1.43 bits per heavy atom. The summed E-state index contributed by atoms with van der Waals surface area (Å²) in [6, 6.07) is 5.53. The molecule has 1 aliphatic carbocycles. The summed E-state index contributed by atoms with van der Waals surface area (Å²) in [5.41, 5.74) is 6.95. The van der Waals surface area contributed by atoms with Gasteiger partial charge in [-0.1, -0.05) is 28.4 Å². The van der Waals surface area contributed by atoms with E-state index in [1.165, 1.54) is 19.3 Å². The monoisotopic (exact) mass is 255 g/mol. The minimum Gasteiger partial charge on any atom is -0.508 e. The molecule has 0 radical (unpaired) electrons. The van der Waals surface area contributed by atoms with E-state index in [2.05, 4.69) is 15.9 Å². The lowest BCUT2D eigenvalue weighted by molar-refractivity contribution is 0.260. The zero-order valence-electron chi connectivity index (χ0n) is 7.91. The number of hydrogen-bond donors (Lipinski definition) is 2. The first-order valence-electron chi connectivity index (χ1n) is 4.92. The van der Waals surface area contributed by atoms with Crippen LogP contribution in [0.25, 0.3) is 0 Å². The first-order chi connectivity index (χ1) is 6.68. The summed E-state index contributed by atoms with van der Waals surface area (Å²) in [6.07, 6.45) is 3.66. The van der Waals surface area contributed by atoms with Crippen LogP contribution in [0.15, 0.2) is 22.7 Å². The Balaban J connectivity index is 2.22. The Labute approximate surface area is 92.3 Å². The normalized spacial score (nSPS) is 19.0. The van der Waals surface area contributed by atoms with Crippen molar-refractivity contribution in [1.82, 2.24) is 0 Å². The minimum absolute atomic E-state index is 0.00292. The van der Waals surface area contributed by atoms with Gasteiger partial charge in [-0.05, 0) is 30.9 Å². The predicted octanol–water partition coefficient (Wildman–Crippen LogP) is 2.95. The van der Waals surface area contributed by atoms with Gasteiger partial charge in [0.2, 0.25) is 0 Å². The number of phenolic OH excluding ortho intramolecular Hbond substituents is 1. The number of nitrogens with two attached hydrogens (primary N) is 1. The van der Waals surface area contributed by atoms with Gasteiger partial charge in [0.05, 0.1) is 0 Å². The van der Waals surface area contributed by atoms with Crippen molar-refractivity contribution in [2.24, 2.45) is 11.7 Å². The molecule has 1 atom stereocenters. The van der Waals surface area contributed by atoms with Crippen molar-refractivity contribution in [1.29, 1.82) is 0 Å². The molecule has 3 N–H and O–H groups in total. The van der Waals surface area contributed by atoms with Crippen LogP contribution < -0.4 is 5.73 Å². The van der Waals surface area contributed by atoms with Crippen LogP contribution in [0.2, 0.25) is 0 Å². The molecule has 1 aliphatic rings. The molecular weight excluding hydrogens is 242 g/mol. The van der Waals surface area contributed by atoms with Crippen LogP contribution in [0.4, 0.5) is 0 Å². The zero-order chi connectivity index (χ0) is 10.1. The quantitative estimate of drug-likeness (QED) is 0.854. The van der Waals surface area contributed by atoms with E-state index >= 15 is 0 Å². The fraction of sp³-hybridized carbons (Fsp3) is 0.455. The second-order valence-electron chi connectivity index (χ2n) is 3.92. The van der Waals surface area contributed by atoms with Crippen LogP contribution in [0, 0.1) is 5.92 Å². The molecule has 2 nitrogen and oxygen atoms in total. The molecule has 0 aliphatic heterocycles. The van der Waals surface area contributed by atoms with Gasteiger partial charge in [0.1, 0.15) is 5.75 Å². The highest BCUT2D eigenvalue weighted by Gasteiger charge is 2.26. The molecule has 1 saturated carbocycles. The van der Waals surface area contributed by atoms with E-state index < -0.39 is 0 Å². The first-order valence-corrected chi connectivity index (χ1v) is 5.72. The molecular formula is C11H14BrNO. The van der Waals surface area contributed by atoms with Crippen molar-refractivity contribution >= 4 is 15.9 Å². The summed E-state index contributed by atoms with van der Waals surface area (Å²) >= 11 is 3.31. The second-order valence-corrected chi connectivity index (χ2v) is 4.84. The number of halogens is 1. The molecule has 0 unspecified atom stereocenters. The van der Waals surface area contributed by atoms with E-state index in [1.54, 1.807) is 6.07 Å². The number of hydrogen-bond acceptors (Lipinski definition) is 2. The summed E-state index contributed by atoms with van der Waals surface area (Å²) in [6.45, 7) is 0. The van der Waals surface area contributed by atoms with Crippen molar-refractivity contribution in [2.75, 3.05) is 0 Å². The molecule has 2 rings (SSSR count). The van der Waals surface area contributed by atoms with Crippen LogP contribution in [-0.2, 0) is 0 Å². The Morgan fingerprint density at radius 2 is 2.14 bits per heavy atom. The van der Waals surface area contributed by atoms with E-state index in [0.717, 1.165) is 10.0 Å². The summed E-state index contributed by atoms with van der Waals surface area (Å²) in [7, 11) is 0. The molecule has 0 heterocycles. The third kappa shape index (κ3) is 1.79. The minimum atomic E-state index is -0.00292. The molecule has 1 aromatic rings. The van der Waals surface area contributed by atoms with Crippen LogP contribution in [-0.4, -0.2) is 5.11 Å². The summed E-state index contributed by atoms with van der Waals surface area (Å²) in [5, 5.41) is 9.72. The largest absolute Gasteiger partial charge is 0.508 e. The van der Waals surface area contributed by atoms with Crippen LogP contribution in [0.3, 0.4) is 0 Å². The highest BCUT2D eigenvalue weighted by molar-refractivity contribution is 9.10. The lowest BCUT2D eigenvalue weighted by Gasteiger charge is -2.31. The molecule has 1 fully saturated rings. The number of benzene rings is 1. The first kappa shape index (κ1) is 9.99. The fourth-order valence-corrected chi connectivity index (χ4v) is 2.20. The molecule has 76 valence electrons. The second kappa shape index (κ2) is 3.91. The standard InChI is InChI=1S/C11H14BrNO/c12-8-4-5-9(10(14)6-8)11(13)7-2-1-3-7/h4-7,11,14H,1-3,13H2/t11-/m1/s1. The molecule has 0 aromatic heterocycles. The highest BCUT2D eigenvalue weighted by atomic mass is 79.9. The van der Waals surface area contributed by atoms with Gasteiger partial charge >= 0.3 is 0 Å². The van der Waals surface area contributed by atoms with Gasteiger partial charge < -0.3 is 10.8 Å². The van der Waals surface area contributed by atoms with Gasteiger partial charge in [-0.25, -0.2) is 0 Å². The molecule has 1 aromatic carbocycles.